The lowest BCUT2D eigenvalue weighted by Crippen LogP contribution is -2.26. The highest BCUT2D eigenvalue weighted by Gasteiger charge is 2.39. The number of benzene rings is 2. The maximum Gasteiger partial charge on any atom is 0.366 e. The van der Waals surface area contributed by atoms with Crippen LogP contribution in [-0.4, -0.2) is 25.4 Å². The maximum atomic E-state index is 8.89. The highest BCUT2D eigenvalue weighted by molar-refractivity contribution is 5.48. The topological polar surface area (TPSA) is 43.0 Å². The second-order valence-corrected chi connectivity index (χ2v) is 5.86. The van der Waals surface area contributed by atoms with Crippen molar-refractivity contribution < 1.29 is 14.7 Å². The second kappa shape index (κ2) is 9.71. The van der Waals surface area contributed by atoms with E-state index in [2.05, 4.69) is 30.1 Å². The van der Waals surface area contributed by atoms with E-state index in [1.54, 1.807) is 0 Å². The van der Waals surface area contributed by atoms with E-state index in [1.807, 2.05) is 42.5 Å². The Kier molecular flexibility index (Phi) is 7.31. The first kappa shape index (κ1) is 18.8. The van der Waals surface area contributed by atoms with Crippen LogP contribution < -0.4 is 4.74 Å². The number of rotatable bonds is 8. The van der Waals surface area contributed by atoms with Crippen LogP contribution in [0.4, 0.5) is 0 Å². The molecular weight excluding hydrogens is 314 g/mol. The number of nitrogens with zero attached hydrogens (tertiary/aromatic N) is 1. The summed E-state index contributed by atoms with van der Waals surface area (Å²) in [6.07, 6.45) is 3.02. The van der Waals surface area contributed by atoms with Gasteiger partial charge in [0.1, 0.15) is 12.4 Å². The molecule has 0 radical (unpaired) electrons. The largest absolute Gasteiger partial charge is 0.491 e. The third-order valence-corrected chi connectivity index (χ3v) is 4.21. The summed E-state index contributed by atoms with van der Waals surface area (Å²) in [5.41, 5.74) is 1.75. The molecule has 4 heteroatoms. The zero-order valence-corrected chi connectivity index (χ0v) is 14.9. The van der Waals surface area contributed by atoms with Gasteiger partial charge < -0.3 is 9.84 Å². The molecule has 0 amide bonds. The van der Waals surface area contributed by atoms with E-state index in [1.165, 1.54) is 7.11 Å². The van der Waals surface area contributed by atoms with Crippen LogP contribution in [0.5, 0.6) is 5.75 Å². The summed E-state index contributed by atoms with van der Waals surface area (Å²) in [7, 11) is 1.54. The fourth-order valence-electron chi connectivity index (χ4n) is 2.93. The molecule has 132 valence electrons. The molecule has 1 atom stereocenters. The lowest BCUT2D eigenvalue weighted by atomic mass is 9.72. The fourth-order valence-corrected chi connectivity index (χ4v) is 2.93. The fraction of sp³-hybridized carbons (Fsp3) is 0.381. The van der Waals surface area contributed by atoms with E-state index in [4.69, 9.17) is 14.7 Å². The number of hydrogen-bond donors (Lipinski definition) is 1. The van der Waals surface area contributed by atoms with Crippen molar-refractivity contribution in [1.29, 1.82) is 0 Å². The van der Waals surface area contributed by atoms with E-state index in [9.17, 15) is 0 Å². The molecule has 0 aliphatic rings. The van der Waals surface area contributed by atoms with Crippen molar-refractivity contribution >= 4 is 0 Å². The third-order valence-electron chi connectivity index (χ3n) is 4.21. The van der Waals surface area contributed by atoms with Gasteiger partial charge in [-0.2, -0.15) is 4.84 Å². The zero-order valence-electron chi connectivity index (χ0n) is 14.9. The number of unbranched alkanes of at least 4 members (excludes halogenated alkanes) is 1. The molecule has 1 N–H and O–H groups in total. The molecule has 4 nitrogen and oxygen atoms in total. The van der Waals surface area contributed by atoms with Crippen molar-refractivity contribution in [3.8, 4) is 11.8 Å². The van der Waals surface area contributed by atoms with Crippen LogP contribution >= 0.6 is 0 Å². The second-order valence-electron chi connectivity index (χ2n) is 5.86. The first-order valence-corrected chi connectivity index (χ1v) is 8.67. The number of hydrogen-bond acceptors (Lipinski definition) is 3. The molecule has 25 heavy (non-hydrogen) atoms. The molecular formula is C21H26NO3+. The Morgan fingerprint density at radius 1 is 1.04 bits per heavy atom. The zero-order chi connectivity index (χ0) is 18.0. The first-order valence-electron chi connectivity index (χ1n) is 8.67. The lowest BCUT2D eigenvalue weighted by Gasteiger charge is -2.24. The summed E-state index contributed by atoms with van der Waals surface area (Å²) in [6.45, 7) is 2.46. The minimum absolute atomic E-state index is 0.000475. The van der Waals surface area contributed by atoms with Crippen molar-refractivity contribution in [2.75, 3.05) is 20.3 Å². The summed E-state index contributed by atoms with van der Waals surface area (Å²) >= 11 is 0. The Bertz CT molecular complexity index is 689. The van der Waals surface area contributed by atoms with Crippen molar-refractivity contribution in [2.45, 2.75) is 31.6 Å². The summed E-state index contributed by atoms with van der Waals surface area (Å²) in [4.78, 5) is 4.96. The molecule has 2 aromatic carbocycles. The van der Waals surface area contributed by atoms with Gasteiger partial charge >= 0.3 is 6.07 Å². The van der Waals surface area contributed by atoms with E-state index in [0.29, 0.717) is 0 Å². The van der Waals surface area contributed by atoms with Crippen molar-refractivity contribution in [1.82, 2.24) is 0 Å². The molecule has 2 rings (SSSR count). The van der Waals surface area contributed by atoms with Gasteiger partial charge in [-0.15, -0.1) is 0 Å². The summed E-state index contributed by atoms with van der Waals surface area (Å²) < 4.78 is 5.47. The van der Waals surface area contributed by atoms with Crippen LogP contribution in [0.15, 0.2) is 54.6 Å². The van der Waals surface area contributed by atoms with Gasteiger partial charge in [0.25, 0.3) is 0 Å². The molecule has 0 fully saturated rings. The van der Waals surface area contributed by atoms with Crippen molar-refractivity contribution in [3.05, 3.63) is 70.7 Å². The van der Waals surface area contributed by atoms with Crippen LogP contribution in [0.1, 0.15) is 37.3 Å². The molecule has 0 spiro atoms. The smallest absolute Gasteiger partial charge is 0.366 e. The summed E-state index contributed by atoms with van der Waals surface area (Å²) in [5.74, 6) is 0.735. The average molecular weight is 340 g/mol. The maximum absolute atomic E-state index is 8.89. The predicted molar refractivity (Wildman–Crippen MR) is 100 cm³/mol. The molecule has 0 bridgehead atoms. The molecule has 1 unspecified atom stereocenters. The molecule has 0 heterocycles. The number of aliphatic hydroxyl groups is 1. The minimum Gasteiger partial charge on any atom is -0.491 e. The van der Waals surface area contributed by atoms with E-state index >= 15 is 0 Å². The van der Waals surface area contributed by atoms with Gasteiger partial charge in [0.05, 0.1) is 6.61 Å². The van der Waals surface area contributed by atoms with Gasteiger partial charge in [0.15, 0.2) is 12.5 Å². The van der Waals surface area contributed by atoms with Crippen LogP contribution in [0.3, 0.4) is 0 Å². The number of ether oxygens (including phenoxy) is 1. The minimum atomic E-state index is -0.469. The van der Waals surface area contributed by atoms with Crippen molar-refractivity contribution in [2.24, 2.45) is 0 Å². The van der Waals surface area contributed by atoms with Gasteiger partial charge in [0.2, 0.25) is 5.01 Å². The first-order chi connectivity index (χ1) is 12.3. The van der Waals surface area contributed by atoms with E-state index < -0.39 is 5.41 Å². The summed E-state index contributed by atoms with van der Waals surface area (Å²) in [6, 6.07) is 21.4. The van der Waals surface area contributed by atoms with Gasteiger partial charge in [-0.25, -0.2) is 0 Å². The summed E-state index contributed by atoms with van der Waals surface area (Å²) in [5, 5.41) is 12.9. The Labute approximate surface area is 149 Å². The highest BCUT2D eigenvalue weighted by atomic mass is 16.6. The SMILES string of the molecule is CCCCC(C#[N+]OC)(c1ccccc1)c1ccc(OCCO)cc1. The van der Waals surface area contributed by atoms with Gasteiger partial charge in [0, 0.05) is 0 Å². The van der Waals surface area contributed by atoms with Crippen LogP contribution in [-0.2, 0) is 10.3 Å². The molecule has 0 aromatic heterocycles. The van der Waals surface area contributed by atoms with Crippen molar-refractivity contribution in [3.63, 3.8) is 0 Å². The van der Waals surface area contributed by atoms with Crippen LogP contribution in [0.25, 0.3) is 5.01 Å². The van der Waals surface area contributed by atoms with E-state index in [0.717, 1.165) is 36.1 Å². The van der Waals surface area contributed by atoms with Gasteiger partial charge in [-0.05, 0) is 29.7 Å². The highest BCUT2D eigenvalue weighted by Crippen LogP contribution is 2.37. The normalized spacial score (nSPS) is 12.6. The molecule has 0 aliphatic carbocycles. The molecule has 0 saturated carbocycles. The predicted octanol–water partition coefficient (Wildman–Crippen LogP) is 4.43. The van der Waals surface area contributed by atoms with Crippen LogP contribution in [0, 0.1) is 6.07 Å². The van der Waals surface area contributed by atoms with Crippen LogP contribution in [0.2, 0.25) is 0 Å². The molecule has 2 aromatic rings. The number of aliphatic hydroxyl groups excluding tert-OH is 1. The Morgan fingerprint density at radius 3 is 2.32 bits per heavy atom. The van der Waals surface area contributed by atoms with Gasteiger partial charge in [-0.3, -0.25) is 0 Å². The average Bonchev–Trinajstić information content (AvgIpc) is 2.68. The molecule has 0 saturated heterocycles. The quantitative estimate of drug-likeness (QED) is 0.723. The molecule has 0 aliphatic heterocycles. The Hall–Kier alpha value is -2.51. The standard InChI is InChI=1S/C21H26NO3/c1-3-4-14-21(17-22-24-2,18-8-6-5-7-9-18)19-10-12-20(13-11-19)25-16-15-23/h5-13,23H,3-4,14-16H2,1-2H3/q+1. The lowest BCUT2D eigenvalue weighted by molar-refractivity contribution is 0.201. The van der Waals surface area contributed by atoms with Gasteiger partial charge in [-0.1, -0.05) is 62.2 Å². The Balaban J connectivity index is 2.48. The monoisotopic (exact) mass is 340 g/mol. The Morgan fingerprint density at radius 2 is 1.72 bits per heavy atom. The van der Waals surface area contributed by atoms with E-state index in [-0.39, 0.29) is 13.2 Å². The third kappa shape index (κ3) is 4.74.